The molecular weight excluding hydrogens is 355 g/mol. The van der Waals surface area contributed by atoms with Gasteiger partial charge in [-0.2, -0.15) is 0 Å². The van der Waals surface area contributed by atoms with E-state index in [2.05, 4.69) is 5.16 Å². The number of fused-ring (bicyclic) bond motifs is 1. The van der Waals surface area contributed by atoms with Gasteiger partial charge in [-0.25, -0.2) is 9.29 Å². The van der Waals surface area contributed by atoms with Gasteiger partial charge in [-0.05, 0) is 36.4 Å². The monoisotopic (exact) mass is 370 g/mol. The van der Waals surface area contributed by atoms with Gasteiger partial charge in [0.25, 0.3) is 5.91 Å². The van der Waals surface area contributed by atoms with Gasteiger partial charge in [0, 0.05) is 11.6 Å². The number of carbonyl (C=O) groups is 2. The van der Waals surface area contributed by atoms with E-state index in [1.54, 1.807) is 18.2 Å². The van der Waals surface area contributed by atoms with Crippen LogP contribution in [0.1, 0.15) is 5.56 Å². The SMILES string of the molecule is COc1ccc(C2=NO[C@H]3C(=O)N(c4ccc(F)cc4)C(=O)[C@H]23)c(OC)c1. The predicted molar refractivity (Wildman–Crippen MR) is 93.3 cm³/mol. The molecule has 2 aromatic carbocycles. The molecule has 1 fully saturated rings. The summed E-state index contributed by atoms with van der Waals surface area (Å²) in [5, 5.41) is 3.97. The van der Waals surface area contributed by atoms with Crippen LogP contribution in [-0.2, 0) is 14.4 Å². The highest BCUT2D eigenvalue weighted by molar-refractivity contribution is 6.32. The molecule has 0 unspecified atom stereocenters. The standard InChI is InChI=1S/C19H15FN2O5/c1-25-12-7-8-13(14(9-12)26-2)16-15-17(27-21-16)19(24)22(18(15)23)11-5-3-10(20)4-6-11/h3-9,15,17H,1-2H3/t15-,17-/m1/s1. The first-order valence-corrected chi connectivity index (χ1v) is 8.14. The number of halogens is 1. The van der Waals surface area contributed by atoms with Crippen LogP contribution in [0.2, 0.25) is 0 Å². The van der Waals surface area contributed by atoms with E-state index in [9.17, 15) is 14.0 Å². The van der Waals surface area contributed by atoms with E-state index >= 15 is 0 Å². The second-order valence-corrected chi connectivity index (χ2v) is 6.03. The summed E-state index contributed by atoms with van der Waals surface area (Å²) in [6.45, 7) is 0. The maximum absolute atomic E-state index is 13.2. The minimum absolute atomic E-state index is 0.283. The highest BCUT2D eigenvalue weighted by atomic mass is 19.1. The van der Waals surface area contributed by atoms with Crippen molar-refractivity contribution in [1.29, 1.82) is 0 Å². The minimum Gasteiger partial charge on any atom is -0.497 e. The molecule has 138 valence electrons. The van der Waals surface area contributed by atoms with Gasteiger partial charge in [0.1, 0.15) is 28.9 Å². The molecule has 0 N–H and O–H groups in total. The fourth-order valence-electron chi connectivity index (χ4n) is 3.26. The Bertz CT molecular complexity index is 957. The Hall–Kier alpha value is -3.42. The van der Waals surface area contributed by atoms with Crippen LogP contribution in [0.25, 0.3) is 0 Å². The van der Waals surface area contributed by atoms with Gasteiger partial charge in [-0.3, -0.25) is 9.59 Å². The lowest BCUT2D eigenvalue weighted by Gasteiger charge is -2.16. The molecular formula is C19H15FN2O5. The van der Waals surface area contributed by atoms with Crippen molar-refractivity contribution in [2.75, 3.05) is 19.1 Å². The Morgan fingerprint density at radius 1 is 1.04 bits per heavy atom. The molecule has 2 heterocycles. The number of hydrogen-bond acceptors (Lipinski definition) is 6. The quantitative estimate of drug-likeness (QED) is 0.771. The molecule has 2 aromatic rings. The van der Waals surface area contributed by atoms with Crippen molar-refractivity contribution in [3.05, 3.63) is 53.8 Å². The normalized spacial score (nSPS) is 21.0. The Morgan fingerprint density at radius 3 is 2.44 bits per heavy atom. The average molecular weight is 370 g/mol. The molecule has 27 heavy (non-hydrogen) atoms. The molecule has 2 aliphatic heterocycles. The smallest absolute Gasteiger partial charge is 0.278 e. The summed E-state index contributed by atoms with van der Waals surface area (Å²) < 4.78 is 23.7. The van der Waals surface area contributed by atoms with E-state index in [1.165, 1.54) is 38.5 Å². The summed E-state index contributed by atoms with van der Waals surface area (Å²) in [6.07, 6.45) is -1.05. The number of methoxy groups -OCH3 is 2. The van der Waals surface area contributed by atoms with E-state index in [4.69, 9.17) is 14.3 Å². The Balaban J connectivity index is 1.71. The van der Waals surface area contributed by atoms with Crippen molar-refractivity contribution >= 4 is 23.2 Å². The molecule has 0 radical (unpaired) electrons. The van der Waals surface area contributed by atoms with Gasteiger partial charge < -0.3 is 14.3 Å². The average Bonchev–Trinajstić information content (AvgIpc) is 3.22. The van der Waals surface area contributed by atoms with Gasteiger partial charge in [0.05, 0.1) is 19.9 Å². The van der Waals surface area contributed by atoms with Crippen molar-refractivity contribution in [1.82, 2.24) is 0 Å². The van der Waals surface area contributed by atoms with Crippen LogP contribution in [0.5, 0.6) is 11.5 Å². The first-order chi connectivity index (χ1) is 13.0. The van der Waals surface area contributed by atoms with E-state index in [-0.39, 0.29) is 5.69 Å². The summed E-state index contributed by atoms with van der Waals surface area (Å²) in [4.78, 5) is 31.9. The first-order valence-electron chi connectivity index (χ1n) is 8.14. The molecule has 8 heteroatoms. The fraction of sp³-hybridized carbons (Fsp3) is 0.211. The van der Waals surface area contributed by atoms with Gasteiger partial charge in [0.2, 0.25) is 12.0 Å². The third kappa shape index (κ3) is 2.61. The topological polar surface area (TPSA) is 77.4 Å². The zero-order valence-electron chi connectivity index (χ0n) is 14.5. The number of ether oxygens (including phenoxy) is 2. The van der Waals surface area contributed by atoms with Crippen LogP contribution in [0.4, 0.5) is 10.1 Å². The number of oxime groups is 1. The number of carbonyl (C=O) groups excluding carboxylic acids is 2. The number of hydrogen-bond donors (Lipinski definition) is 0. The van der Waals surface area contributed by atoms with Crippen LogP contribution in [0.15, 0.2) is 47.6 Å². The van der Waals surface area contributed by atoms with Crippen molar-refractivity contribution in [3.8, 4) is 11.5 Å². The molecule has 7 nitrogen and oxygen atoms in total. The number of anilines is 1. The number of rotatable bonds is 4. The number of amides is 2. The second-order valence-electron chi connectivity index (χ2n) is 6.03. The van der Waals surface area contributed by atoms with Gasteiger partial charge in [0.15, 0.2) is 0 Å². The summed E-state index contributed by atoms with van der Waals surface area (Å²) in [7, 11) is 3.01. The number of benzene rings is 2. The minimum atomic E-state index is -1.05. The molecule has 2 atom stereocenters. The van der Waals surface area contributed by atoms with Gasteiger partial charge in [-0.1, -0.05) is 5.16 Å². The molecule has 4 rings (SSSR count). The molecule has 1 saturated heterocycles. The summed E-state index contributed by atoms with van der Waals surface area (Å²) in [5.41, 5.74) is 1.13. The van der Waals surface area contributed by atoms with Crippen molar-refractivity contribution in [2.24, 2.45) is 11.1 Å². The number of nitrogens with zero attached hydrogens (tertiary/aromatic N) is 2. The summed E-state index contributed by atoms with van der Waals surface area (Å²) in [6, 6.07) is 10.2. The maximum Gasteiger partial charge on any atom is 0.278 e. The highest BCUT2D eigenvalue weighted by Gasteiger charge is 2.56. The highest BCUT2D eigenvalue weighted by Crippen LogP contribution is 2.38. The lowest BCUT2D eigenvalue weighted by molar-refractivity contribution is -0.126. The van der Waals surface area contributed by atoms with Crippen molar-refractivity contribution in [2.45, 2.75) is 6.10 Å². The van der Waals surface area contributed by atoms with E-state index < -0.39 is 29.7 Å². The second kappa shape index (κ2) is 6.39. The maximum atomic E-state index is 13.2. The third-order valence-electron chi connectivity index (χ3n) is 4.58. The van der Waals surface area contributed by atoms with Gasteiger partial charge >= 0.3 is 0 Å². The van der Waals surface area contributed by atoms with Crippen LogP contribution in [0, 0.1) is 11.7 Å². The van der Waals surface area contributed by atoms with Crippen molar-refractivity contribution in [3.63, 3.8) is 0 Å². The molecule has 0 aromatic heterocycles. The van der Waals surface area contributed by atoms with Crippen molar-refractivity contribution < 1.29 is 28.3 Å². The lowest BCUT2D eigenvalue weighted by Crippen LogP contribution is -2.33. The van der Waals surface area contributed by atoms with Crippen LogP contribution >= 0.6 is 0 Å². The predicted octanol–water partition coefficient (Wildman–Crippen LogP) is 2.14. The lowest BCUT2D eigenvalue weighted by atomic mass is 9.93. The van der Waals surface area contributed by atoms with Crippen LogP contribution in [0.3, 0.4) is 0 Å². The van der Waals surface area contributed by atoms with E-state index in [0.29, 0.717) is 22.8 Å². The number of imide groups is 1. The molecule has 0 bridgehead atoms. The van der Waals surface area contributed by atoms with Crippen LogP contribution < -0.4 is 14.4 Å². The zero-order valence-corrected chi connectivity index (χ0v) is 14.5. The summed E-state index contributed by atoms with van der Waals surface area (Å²) >= 11 is 0. The Labute approximate surface area is 153 Å². The molecule has 0 spiro atoms. The molecule has 0 aliphatic carbocycles. The Kier molecular flexibility index (Phi) is 4.02. The van der Waals surface area contributed by atoms with Gasteiger partial charge in [-0.15, -0.1) is 0 Å². The molecule has 2 amide bonds. The third-order valence-corrected chi connectivity index (χ3v) is 4.58. The van der Waals surface area contributed by atoms with E-state index in [0.717, 1.165) is 4.90 Å². The zero-order chi connectivity index (χ0) is 19.1. The fourth-order valence-corrected chi connectivity index (χ4v) is 3.26. The van der Waals surface area contributed by atoms with E-state index in [1.807, 2.05) is 0 Å². The Morgan fingerprint density at radius 2 is 1.78 bits per heavy atom. The largest absolute Gasteiger partial charge is 0.497 e. The van der Waals surface area contributed by atoms with Crippen LogP contribution in [-0.4, -0.2) is 37.8 Å². The summed E-state index contributed by atoms with van der Waals surface area (Å²) in [5.74, 6) is -1.36. The first kappa shape index (κ1) is 17.0. The molecule has 2 aliphatic rings. The molecule has 0 saturated carbocycles.